The third kappa shape index (κ3) is 1.81. The summed E-state index contributed by atoms with van der Waals surface area (Å²) in [5, 5.41) is 16.6. The van der Waals surface area contributed by atoms with Gasteiger partial charge < -0.3 is 5.11 Å². The van der Waals surface area contributed by atoms with Crippen LogP contribution < -0.4 is 0 Å². The number of aromatic nitrogens is 3. The number of carbonyl (C=O) groups is 1. The van der Waals surface area contributed by atoms with Gasteiger partial charge in [-0.1, -0.05) is 6.92 Å². The van der Waals surface area contributed by atoms with E-state index in [9.17, 15) is 4.79 Å². The van der Waals surface area contributed by atoms with E-state index in [1.54, 1.807) is 12.1 Å². The summed E-state index contributed by atoms with van der Waals surface area (Å²) in [4.78, 5) is 10.5. The molecule has 0 amide bonds. The SMILES string of the molecule is CCc1nnc2cc(CC(=O)O)ccn12. The van der Waals surface area contributed by atoms with Gasteiger partial charge in [0, 0.05) is 12.6 Å². The Morgan fingerprint density at radius 3 is 3.00 bits per heavy atom. The predicted molar refractivity (Wildman–Crippen MR) is 53.7 cm³/mol. The molecule has 0 fully saturated rings. The van der Waals surface area contributed by atoms with Crippen molar-refractivity contribution in [1.29, 1.82) is 0 Å². The first kappa shape index (κ1) is 9.64. The van der Waals surface area contributed by atoms with E-state index < -0.39 is 5.97 Å². The van der Waals surface area contributed by atoms with E-state index in [-0.39, 0.29) is 6.42 Å². The molecule has 0 saturated carbocycles. The molecule has 0 aliphatic carbocycles. The predicted octanol–water partition coefficient (Wildman–Crippen LogP) is 0.919. The van der Waals surface area contributed by atoms with E-state index in [4.69, 9.17) is 5.11 Å². The number of hydrogen-bond donors (Lipinski definition) is 1. The third-order valence-corrected chi connectivity index (χ3v) is 2.22. The minimum Gasteiger partial charge on any atom is -0.481 e. The van der Waals surface area contributed by atoms with Crippen molar-refractivity contribution in [1.82, 2.24) is 14.6 Å². The van der Waals surface area contributed by atoms with Crippen molar-refractivity contribution in [3.05, 3.63) is 29.7 Å². The number of pyridine rings is 1. The zero-order valence-corrected chi connectivity index (χ0v) is 8.34. The molecule has 5 heteroatoms. The molecule has 0 aliphatic rings. The largest absolute Gasteiger partial charge is 0.481 e. The minimum absolute atomic E-state index is 0.0187. The zero-order chi connectivity index (χ0) is 10.8. The van der Waals surface area contributed by atoms with Crippen LogP contribution >= 0.6 is 0 Å². The Kier molecular flexibility index (Phi) is 2.37. The van der Waals surface area contributed by atoms with Gasteiger partial charge in [0.1, 0.15) is 5.82 Å². The molecule has 0 atom stereocenters. The fourth-order valence-corrected chi connectivity index (χ4v) is 1.51. The average Bonchev–Trinajstić information content (AvgIpc) is 2.58. The summed E-state index contributed by atoms with van der Waals surface area (Å²) < 4.78 is 1.87. The molecule has 0 radical (unpaired) electrons. The summed E-state index contributed by atoms with van der Waals surface area (Å²) in [6.07, 6.45) is 2.64. The average molecular weight is 205 g/mol. The van der Waals surface area contributed by atoms with Crippen molar-refractivity contribution in [2.45, 2.75) is 19.8 Å². The fraction of sp³-hybridized carbons (Fsp3) is 0.300. The highest BCUT2D eigenvalue weighted by atomic mass is 16.4. The second kappa shape index (κ2) is 3.68. The monoisotopic (exact) mass is 205 g/mol. The van der Waals surface area contributed by atoms with Crippen LogP contribution in [-0.2, 0) is 17.6 Å². The molecular formula is C10H11N3O2. The van der Waals surface area contributed by atoms with Crippen molar-refractivity contribution in [3.63, 3.8) is 0 Å². The van der Waals surface area contributed by atoms with Crippen LogP contribution in [-0.4, -0.2) is 25.7 Å². The molecule has 15 heavy (non-hydrogen) atoms. The van der Waals surface area contributed by atoms with Crippen LogP contribution in [0.15, 0.2) is 18.3 Å². The van der Waals surface area contributed by atoms with Crippen molar-refractivity contribution in [2.24, 2.45) is 0 Å². The van der Waals surface area contributed by atoms with Gasteiger partial charge in [0.15, 0.2) is 5.65 Å². The Hall–Kier alpha value is -1.91. The highest BCUT2D eigenvalue weighted by Crippen LogP contribution is 2.08. The van der Waals surface area contributed by atoms with Gasteiger partial charge in [-0.2, -0.15) is 0 Å². The van der Waals surface area contributed by atoms with Crippen LogP contribution in [0.4, 0.5) is 0 Å². The van der Waals surface area contributed by atoms with Crippen molar-refractivity contribution in [3.8, 4) is 0 Å². The molecule has 0 aromatic carbocycles. The van der Waals surface area contributed by atoms with Crippen LogP contribution in [0.2, 0.25) is 0 Å². The molecule has 1 N–H and O–H groups in total. The molecule has 2 heterocycles. The Morgan fingerprint density at radius 2 is 2.33 bits per heavy atom. The van der Waals surface area contributed by atoms with Crippen molar-refractivity contribution >= 4 is 11.6 Å². The Morgan fingerprint density at radius 1 is 1.53 bits per heavy atom. The number of carboxylic acid groups (broad SMARTS) is 1. The van der Waals surface area contributed by atoms with Gasteiger partial charge in [0.25, 0.3) is 0 Å². The number of fused-ring (bicyclic) bond motifs is 1. The summed E-state index contributed by atoms with van der Waals surface area (Å²) >= 11 is 0. The van der Waals surface area contributed by atoms with Gasteiger partial charge >= 0.3 is 5.97 Å². The third-order valence-electron chi connectivity index (χ3n) is 2.22. The number of hydrogen-bond acceptors (Lipinski definition) is 3. The maximum atomic E-state index is 10.5. The van der Waals surface area contributed by atoms with E-state index >= 15 is 0 Å². The summed E-state index contributed by atoms with van der Waals surface area (Å²) in [6.45, 7) is 2.00. The smallest absolute Gasteiger partial charge is 0.307 e. The van der Waals surface area contributed by atoms with E-state index in [1.165, 1.54) is 0 Å². The molecule has 0 unspecified atom stereocenters. The topological polar surface area (TPSA) is 67.5 Å². The number of aliphatic carboxylic acids is 1. The summed E-state index contributed by atoms with van der Waals surface area (Å²) in [7, 11) is 0. The number of rotatable bonds is 3. The van der Waals surface area contributed by atoms with Crippen LogP contribution in [0.5, 0.6) is 0 Å². The second-order valence-electron chi connectivity index (χ2n) is 3.30. The van der Waals surface area contributed by atoms with E-state index in [0.29, 0.717) is 5.65 Å². The van der Waals surface area contributed by atoms with Crippen LogP contribution in [0.1, 0.15) is 18.3 Å². The highest BCUT2D eigenvalue weighted by molar-refractivity contribution is 5.70. The Labute approximate surface area is 86.4 Å². The Bertz CT molecular complexity index is 504. The maximum absolute atomic E-state index is 10.5. The molecule has 0 aliphatic heterocycles. The molecule has 0 saturated heterocycles. The normalized spacial score (nSPS) is 10.7. The summed E-state index contributed by atoms with van der Waals surface area (Å²) in [5.74, 6) is 0.0430. The molecule has 0 spiro atoms. The van der Waals surface area contributed by atoms with E-state index in [2.05, 4.69) is 10.2 Å². The molecule has 78 valence electrons. The minimum atomic E-state index is -0.838. The number of nitrogens with zero attached hydrogens (tertiary/aromatic N) is 3. The van der Waals surface area contributed by atoms with Gasteiger partial charge in [0.2, 0.25) is 0 Å². The van der Waals surface area contributed by atoms with Gasteiger partial charge in [-0.15, -0.1) is 10.2 Å². The lowest BCUT2D eigenvalue weighted by Gasteiger charge is -1.99. The van der Waals surface area contributed by atoms with E-state index in [0.717, 1.165) is 17.8 Å². The van der Waals surface area contributed by atoms with Crippen LogP contribution in [0, 0.1) is 0 Å². The first-order valence-electron chi connectivity index (χ1n) is 4.75. The maximum Gasteiger partial charge on any atom is 0.307 e. The molecular weight excluding hydrogens is 194 g/mol. The molecule has 2 aromatic rings. The van der Waals surface area contributed by atoms with Crippen molar-refractivity contribution in [2.75, 3.05) is 0 Å². The van der Waals surface area contributed by atoms with Gasteiger partial charge in [-0.3, -0.25) is 9.20 Å². The van der Waals surface area contributed by atoms with Crippen LogP contribution in [0.25, 0.3) is 5.65 Å². The number of carboxylic acids is 1. The van der Waals surface area contributed by atoms with Crippen molar-refractivity contribution < 1.29 is 9.90 Å². The standard InChI is InChI=1S/C10H11N3O2/c1-2-8-11-12-9-5-7(6-10(14)15)3-4-13(8)9/h3-5H,2,6H2,1H3,(H,14,15). The first-order valence-corrected chi connectivity index (χ1v) is 4.75. The lowest BCUT2D eigenvalue weighted by molar-refractivity contribution is -0.136. The quantitative estimate of drug-likeness (QED) is 0.809. The highest BCUT2D eigenvalue weighted by Gasteiger charge is 2.05. The van der Waals surface area contributed by atoms with E-state index in [1.807, 2.05) is 17.5 Å². The number of aryl methyl sites for hydroxylation is 1. The summed E-state index contributed by atoms with van der Waals surface area (Å²) in [5.41, 5.74) is 1.44. The van der Waals surface area contributed by atoms with Gasteiger partial charge in [-0.05, 0) is 17.7 Å². The Balaban J connectivity index is 2.44. The van der Waals surface area contributed by atoms with Crippen LogP contribution in [0.3, 0.4) is 0 Å². The zero-order valence-electron chi connectivity index (χ0n) is 8.34. The molecule has 2 aromatic heterocycles. The van der Waals surface area contributed by atoms with Gasteiger partial charge in [0.05, 0.1) is 6.42 Å². The molecule has 2 rings (SSSR count). The molecule has 0 bridgehead atoms. The second-order valence-corrected chi connectivity index (χ2v) is 3.30. The molecule has 5 nitrogen and oxygen atoms in total. The lowest BCUT2D eigenvalue weighted by atomic mass is 10.2. The first-order chi connectivity index (χ1) is 7.20. The summed E-state index contributed by atoms with van der Waals surface area (Å²) in [6, 6.07) is 3.53. The lowest BCUT2D eigenvalue weighted by Crippen LogP contribution is -2.01. The fourth-order valence-electron chi connectivity index (χ4n) is 1.51. The van der Waals surface area contributed by atoms with Gasteiger partial charge in [-0.25, -0.2) is 0 Å².